The summed E-state index contributed by atoms with van der Waals surface area (Å²) in [4.78, 5) is 0. The predicted molar refractivity (Wildman–Crippen MR) is 45.7 cm³/mol. The normalized spacial score (nSPS) is 13.5. The highest BCUT2D eigenvalue weighted by Gasteiger charge is 1.96. The van der Waals surface area contributed by atoms with Crippen LogP contribution in [0.1, 0.15) is 32.1 Å². The Kier molecular flexibility index (Phi) is 8.06. The SMILES string of the molecule is OC(Cl)CCCCCCCl. The molecule has 0 spiro atoms. The summed E-state index contributed by atoms with van der Waals surface area (Å²) in [7, 11) is 0. The first-order valence-corrected chi connectivity index (χ1v) is 4.62. The molecule has 1 unspecified atom stereocenters. The van der Waals surface area contributed by atoms with Gasteiger partial charge in [-0.25, -0.2) is 0 Å². The van der Waals surface area contributed by atoms with E-state index in [-0.39, 0.29) is 0 Å². The Morgan fingerprint density at radius 1 is 1.10 bits per heavy atom. The number of hydrogen-bond donors (Lipinski definition) is 1. The van der Waals surface area contributed by atoms with E-state index in [1.165, 1.54) is 0 Å². The molecule has 0 amide bonds. The Morgan fingerprint density at radius 2 is 1.70 bits per heavy atom. The number of unbranched alkanes of at least 4 members (excludes halogenated alkanes) is 3. The van der Waals surface area contributed by atoms with Gasteiger partial charge in [-0.05, 0) is 19.3 Å². The van der Waals surface area contributed by atoms with Crippen molar-refractivity contribution in [2.45, 2.75) is 37.7 Å². The molecule has 0 radical (unpaired) electrons. The Morgan fingerprint density at radius 3 is 2.20 bits per heavy atom. The molecular formula is C7H14Cl2O. The minimum absolute atomic E-state index is 0.656. The van der Waals surface area contributed by atoms with Crippen molar-refractivity contribution in [3.63, 3.8) is 0 Å². The van der Waals surface area contributed by atoms with Gasteiger partial charge in [-0.3, -0.25) is 0 Å². The molecule has 1 atom stereocenters. The van der Waals surface area contributed by atoms with Crippen LogP contribution in [0.5, 0.6) is 0 Å². The second-order valence-electron chi connectivity index (χ2n) is 2.33. The van der Waals surface area contributed by atoms with E-state index < -0.39 is 5.56 Å². The zero-order valence-corrected chi connectivity index (χ0v) is 7.53. The van der Waals surface area contributed by atoms with Crippen molar-refractivity contribution in [3.8, 4) is 0 Å². The standard InChI is InChI=1S/C7H14Cl2O/c8-6-4-2-1-3-5-7(9)10/h7,10H,1-6H2. The highest BCUT2D eigenvalue weighted by atomic mass is 35.5. The molecule has 1 nitrogen and oxygen atoms in total. The molecule has 0 saturated carbocycles. The van der Waals surface area contributed by atoms with E-state index >= 15 is 0 Å². The third-order valence-corrected chi connectivity index (χ3v) is 1.81. The predicted octanol–water partition coefficient (Wildman–Crippen LogP) is 2.73. The second kappa shape index (κ2) is 7.64. The molecule has 0 aromatic rings. The Balaban J connectivity index is 2.77. The fraction of sp³-hybridized carbons (Fsp3) is 1.00. The van der Waals surface area contributed by atoms with E-state index in [0.29, 0.717) is 6.42 Å². The molecule has 0 aliphatic rings. The number of halogens is 2. The average Bonchev–Trinajstić information content (AvgIpc) is 1.87. The highest BCUT2D eigenvalue weighted by molar-refractivity contribution is 6.19. The van der Waals surface area contributed by atoms with Gasteiger partial charge in [-0.2, -0.15) is 0 Å². The van der Waals surface area contributed by atoms with Gasteiger partial charge in [0.15, 0.2) is 0 Å². The molecule has 0 saturated heterocycles. The lowest BCUT2D eigenvalue weighted by Gasteiger charge is -2.00. The quantitative estimate of drug-likeness (QED) is 0.498. The van der Waals surface area contributed by atoms with Gasteiger partial charge in [0.25, 0.3) is 0 Å². The summed E-state index contributed by atoms with van der Waals surface area (Å²) in [5.41, 5.74) is -0.656. The van der Waals surface area contributed by atoms with E-state index in [9.17, 15) is 0 Å². The first kappa shape index (κ1) is 10.5. The summed E-state index contributed by atoms with van der Waals surface area (Å²) in [6.45, 7) is 0. The van der Waals surface area contributed by atoms with Crippen LogP contribution in [-0.2, 0) is 0 Å². The van der Waals surface area contributed by atoms with Crippen molar-refractivity contribution in [3.05, 3.63) is 0 Å². The van der Waals surface area contributed by atoms with Crippen molar-refractivity contribution in [1.82, 2.24) is 0 Å². The van der Waals surface area contributed by atoms with E-state index in [2.05, 4.69) is 0 Å². The van der Waals surface area contributed by atoms with Gasteiger partial charge >= 0.3 is 0 Å². The third kappa shape index (κ3) is 8.54. The summed E-state index contributed by atoms with van der Waals surface area (Å²) in [5.74, 6) is 0.740. The largest absolute Gasteiger partial charge is 0.378 e. The van der Waals surface area contributed by atoms with Crippen LogP contribution in [0.3, 0.4) is 0 Å². The van der Waals surface area contributed by atoms with Gasteiger partial charge in [0, 0.05) is 5.88 Å². The van der Waals surface area contributed by atoms with Crippen molar-refractivity contribution >= 4 is 23.2 Å². The van der Waals surface area contributed by atoms with Crippen molar-refractivity contribution in [1.29, 1.82) is 0 Å². The van der Waals surface area contributed by atoms with Crippen LogP contribution in [0.15, 0.2) is 0 Å². The fourth-order valence-corrected chi connectivity index (χ4v) is 1.10. The molecule has 0 fully saturated rings. The molecule has 0 aliphatic carbocycles. The van der Waals surface area contributed by atoms with Crippen LogP contribution in [0.2, 0.25) is 0 Å². The minimum Gasteiger partial charge on any atom is -0.378 e. The van der Waals surface area contributed by atoms with Gasteiger partial charge < -0.3 is 5.11 Å². The van der Waals surface area contributed by atoms with Crippen LogP contribution in [-0.4, -0.2) is 16.5 Å². The molecular weight excluding hydrogens is 171 g/mol. The number of aliphatic hydroxyl groups is 1. The van der Waals surface area contributed by atoms with Gasteiger partial charge in [-0.1, -0.05) is 24.4 Å². The Bertz CT molecular complexity index is 66.6. The maximum absolute atomic E-state index is 8.65. The third-order valence-electron chi connectivity index (χ3n) is 1.33. The molecule has 0 bridgehead atoms. The lowest BCUT2D eigenvalue weighted by Crippen LogP contribution is -1.94. The summed E-state index contributed by atoms with van der Waals surface area (Å²) in [5, 5.41) is 8.65. The van der Waals surface area contributed by atoms with Crippen LogP contribution in [0.4, 0.5) is 0 Å². The molecule has 62 valence electrons. The van der Waals surface area contributed by atoms with Gasteiger partial charge in [0.2, 0.25) is 0 Å². The zero-order chi connectivity index (χ0) is 7.82. The molecule has 0 rings (SSSR count). The molecule has 0 aliphatic heterocycles. The van der Waals surface area contributed by atoms with Gasteiger partial charge in [0.1, 0.15) is 5.56 Å². The van der Waals surface area contributed by atoms with Crippen molar-refractivity contribution < 1.29 is 5.11 Å². The number of hydrogen-bond acceptors (Lipinski definition) is 1. The van der Waals surface area contributed by atoms with E-state index in [0.717, 1.165) is 31.6 Å². The van der Waals surface area contributed by atoms with E-state index in [1.807, 2.05) is 0 Å². The van der Waals surface area contributed by atoms with Crippen LogP contribution in [0, 0.1) is 0 Å². The Hall–Kier alpha value is 0.540. The smallest absolute Gasteiger partial charge is 0.128 e. The Labute approximate surface area is 72.3 Å². The number of rotatable bonds is 6. The van der Waals surface area contributed by atoms with Crippen molar-refractivity contribution in [2.75, 3.05) is 5.88 Å². The molecule has 0 heterocycles. The molecule has 0 aromatic heterocycles. The van der Waals surface area contributed by atoms with Gasteiger partial charge in [0.05, 0.1) is 0 Å². The molecule has 0 aromatic carbocycles. The topological polar surface area (TPSA) is 20.2 Å². The summed E-state index contributed by atoms with van der Waals surface area (Å²) < 4.78 is 0. The lowest BCUT2D eigenvalue weighted by atomic mass is 10.2. The summed E-state index contributed by atoms with van der Waals surface area (Å²) in [6.07, 6.45) is 5.04. The summed E-state index contributed by atoms with van der Waals surface area (Å²) >= 11 is 10.8. The number of alkyl halides is 2. The van der Waals surface area contributed by atoms with Crippen LogP contribution >= 0.6 is 23.2 Å². The second-order valence-corrected chi connectivity index (χ2v) is 3.21. The lowest BCUT2D eigenvalue weighted by molar-refractivity contribution is 0.240. The monoisotopic (exact) mass is 184 g/mol. The highest BCUT2D eigenvalue weighted by Crippen LogP contribution is 2.07. The molecule has 1 N–H and O–H groups in total. The average molecular weight is 185 g/mol. The van der Waals surface area contributed by atoms with Gasteiger partial charge in [-0.15, -0.1) is 11.6 Å². The van der Waals surface area contributed by atoms with Crippen LogP contribution in [0.25, 0.3) is 0 Å². The van der Waals surface area contributed by atoms with Crippen LogP contribution < -0.4 is 0 Å². The van der Waals surface area contributed by atoms with E-state index in [4.69, 9.17) is 28.3 Å². The first-order chi connectivity index (χ1) is 4.77. The van der Waals surface area contributed by atoms with Crippen molar-refractivity contribution in [2.24, 2.45) is 0 Å². The maximum atomic E-state index is 8.65. The van der Waals surface area contributed by atoms with E-state index in [1.54, 1.807) is 0 Å². The minimum atomic E-state index is -0.656. The number of aliphatic hydroxyl groups excluding tert-OH is 1. The summed E-state index contributed by atoms with van der Waals surface area (Å²) in [6, 6.07) is 0. The molecule has 3 heteroatoms. The molecule has 10 heavy (non-hydrogen) atoms. The maximum Gasteiger partial charge on any atom is 0.128 e. The zero-order valence-electron chi connectivity index (χ0n) is 6.02. The first-order valence-electron chi connectivity index (χ1n) is 3.65. The fourth-order valence-electron chi connectivity index (χ4n) is 0.761.